The van der Waals surface area contributed by atoms with E-state index >= 15 is 0 Å². The molecule has 0 saturated carbocycles. The van der Waals surface area contributed by atoms with Gasteiger partial charge in [-0.25, -0.2) is 4.98 Å². The summed E-state index contributed by atoms with van der Waals surface area (Å²) in [7, 11) is 3.35. The van der Waals surface area contributed by atoms with E-state index in [0.29, 0.717) is 40.3 Å². The van der Waals surface area contributed by atoms with Crippen LogP contribution in [0.15, 0.2) is 45.3 Å². The molecule has 0 aliphatic carbocycles. The van der Waals surface area contributed by atoms with E-state index in [4.69, 9.17) is 13.7 Å². The highest BCUT2D eigenvalue weighted by Crippen LogP contribution is 2.32. The van der Waals surface area contributed by atoms with E-state index in [0.717, 1.165) is 16.9 Å². The normalized spacial score (nSPS) is 11.9. The van der Waals surface area contributed by atoms with Crippen LogP contribution < -0.4 is 10.1 Å². The van der Waals surface area contributed by atoms with Crippen LogP contribution in [0.3, 0.4) is 0 Å². The highest BCUT2D eigenvalue weighted by molar-refractivity contribution is 6.07. The van der Waals surface area contributed by atoms with Gasteiger partial charge in [0, 0.05) is 25.2 Å². The van der Waals surface area contributed by atoms with E-state index in [1.165, 1.54) is 4.90 Å². The van der Waals surface area contributed by atoms with Crippen molar-refractivity contribution in [2.24, 2.45) is 0 Å². The van der Waals surface area contributed by atoms with E-state index < -0.39 is 0 Å². The van der Waals surface area contributed by atoms with Crippen molar-refractivity contribution in [2.45, 2.75) is 40.2 Å². The molecule has 9 heteroatoms. The summed E-state index contributed by atoms with van der Waals surface area (Å²) in [6.07, 6.45) is 0.609. The number of rotatable bonds is 8. The van der Waals surface area contributed by atoms with Crippen molar-refractivity contribution >= 4 is 22.9 Å². The molecule has 0 bridgehead atoms. The molecule has 0 aliphatic heterocycles. The van der Waals surface area contributed by atoms with Crippen LogP contribution in [0.4, 0.5) is 0 Å². The summed E-state index contributed by atoms with van der Waals surface area (Å²) >= 11 is 0. The van der Waals surface area contributed by atoms with Crippen molar-refractivity contribution in [3.63, 3.8) is 0 Å². The third-order valence-electron chi connectivity index (χ3n) is 6.04. The van der Waals surface area contributed by atoms with E-state index in [-0.39, 0.29) is 30.2 Å². The summed E-state index contributed by atoms with van der Waals surface area (Å²) in [5.74, 6) is 1.55. The fraction of sp³-hybridized carbons (Fsp3) is 0.333. The molecule has 0 aliphatic rings. The Bertz CT molecular complexity index is 1420. The van der Waals surface area contributed by atoms with Gasteiger partial charge in [0.1, 0.15) is 17.3 Å². The van der Waals surface area contributed by atoms with Crippen molar-refractivity contribution in [3.05, 3.63) is 64.7 Å². The lowest BCUT2D eigenvalue weighted by molar-refractivity contribution is -0.130. The van der Waals surface area contributed by atoms with E-state index in [1.807, 2.05) is 45.0 Å². The number of para-hydroxylation sites is 1. The molecule has 0 radical (unpaired) electrons. The van der Waals surface area contributed by atoms with Crippen LogP contribution in [-0.2, 0) is 4.79 Å². The largest absolute Gasteiger partial charge is 0.483 e. The number of aromatic nitrogens is 2. The Balaban J connectivity index is 1.68. The number of fused-ring (bicyclic) bond motifs is 1. The molecule has 2 amide bonds. The van der Waals surface area contributed by atoms with Gasteiger partial charge in [0.05, 0.1) is 28.4 Å². The van der Waals surface area contributed by atoms with Gasteiger partial charge in [-0.15, -0.1) is 0 Å². The first kappa shape index (κ1) is 25.0. The lowest BCUT2D eigenvalue weighted by Gasteiger charge is -2.21. The maximum Gasteiger partial charge on any atom is 0.259 e. The number of amides is 2. The molecule has 0 fully saturated rings. The fourth-order valence-electron chi connectivity index (χ4n) is 4.10. The van der Waals surface area contributed by atoms with Crippen molar-refractivity contribution in [1.29, 1.82) is 0 Å². The smallest absolute Gasteiger partial charge is 0.259 e. The van der Waals surface area contributed by atoms with Gasteiger partial charge < -0.3 is 23.9 Å². The molecule has 1 N–H and O–H groups in total. The van der Waals surface area contributed by atoms with Gasteiger partial charge >= 0.3 is 0 Å². The molecule has 9 nitrogen and oxygen atoms in total. The lowest BCUT2D eigenvalue weighted by atomic mass is 10.0. The zero-order chi connectivity index (χ0) is 26.0. The third kappa shape index (κ3) is 4.95. The van der Waals surface area contributed by atoms with Crippen LogP contribution in [0.1, 0.15) is 52.5 Å². The Morgan fingerprint density at radius 1 is 1.14 bits per heavy atom. The minimum atomic E-state index is -0.354. The van der Waals surface area contributed by atoms with Crippen molar-refractivity contribution < 1.29 is 23.3 Å². The number of pyridine rings is 1. The molecule has 4 aromatic rings. The maximum atomic E-state index is 13.7. The fourth-order valence-corrected chi connectivity index (χ4v) is 4.10. The minimum absolute atomic E-state index is 0.0912. The molecule has 0 spiro atoms. The van der Waals surface area contributed by atoms with Gasteiger partial charge in [-0.3, -0.25) is 9.59 Å². The predicted octanol–water partition coefficient (Wildman–Crippen LogP) is 4.76. The van der Waals surface area contributed by atoms with Crippen molar-refractivity contribution in [2.75, 3.05) is 20.7 Å². The molecule has 188 valence electrons. The molecular formula is C27H30N4O5. The van der Waals surface area contributed by atoms with Gasteiger partial charge in [0.25, 0.3) is 17.5 Å². The Kier molecular flexibility index (Phi) is 7.10. The monoisotopic (exact) mass is 490 g/mol. The summed E-state index contributed by atoms with van der Waals surface area (Å²) < 4.78 is 16.9. The molecule has 4 rings (SSSR count). The number of nitrogens with one attached hydrogen (secondary N) is 1. The number of aryl methyl sites for hydroxylation is 3. The van der Waals surface area contributed by atoms with E-state index in [9.17, 15) is 9.59 Å². The second-order valence-corrected chi connectivity index (χ2v) is 8.88. The summed E-state index contributed by atoms with van der Waals surface area (Å²) in [4.78, 5) is 31.8. The number of carbonyl (C=O) groups excluding carboxylic acids is 2. The molecule has 36 heavy (non-hydrogen) atoms. The second-order valence-electron chi connectivity index (χ2n) is 8.88. The number of likely N-dealkylation sites (N-methyl/N-ethyl adjacent to an activating group) is 1. The molecule has 1 atom stereocenters. The zero-order valence-corrected chi connectivity index (χ0v) is 21.3. The van der Waals surface area contributed by atoms with Gasteiger partial charge in [0.15, 0.2) is 6.61 Å². The summed E-state index contributed by atoms with van der Waals surface area (Å²) in [5.41, 5.74) is 3.41. The van der Waals surface area contributed by atoms with Gasteiger partial charge in [-0.1, -0.05) is 30.3 Å². The first-order chi connectivity index (χ1) is 17.2. The van der Waals surface area contributed by atoms with Crippen LogP contribution in [0.25, 0.3) is 22.4 Å². The maximum absolute atomic E-state index is 13.7. The lowest BCUT2D eigenvalue weighted by Crippen LogP contribution is -2.30. The predicted molar refractivity (Wildman–Crippen MR) is 135 cm³/mol. The van der Waals surface area contributed by atoms with Crippen LogP contribution in [-0.4, -0.2) is 47.6 Å². The number of furan rings is 1. The van der Waals surface area contributed by atoms with Gasteiger partial charge in [-0.2, -0.15) is 0 Å². The summed E-state index contributed by atoms with van der Waals surface area (Å²) in [6.45, 7) is 7.37. The first-order valence-electron chi connectivity index (χ1n) is 11.8. The second kappa shape index (κ2) is 10.2. The van der Waals surface area contributed by atoms with Crippen LogP contribution >= 0.6 is 0 Å². The third-order valence-corrected chi connectivity index (χ3v) is 6.04. The molecule has 3 heterocycles. The number of benzene rings is 1. The molecule has 1 unspecified atom stereocenters. The number of ether oxygens (including phenoxy) is 1. The highest BCUT2D eigenvalue weighted by atomic mass is 16.5. The molecule has 1 aromatic carbocycles. The zero-order valence-electron chi connectivity index (χ0n) is 21.3. The Morgan fingerprint density at radius 3 is 2.56 bits per heavy atom. The average molecular weight is 491 g/mol. The molecule has 0 saturated heterocycles. The van der Waals surface area contributed by atoms with E-state index in [2.05, 4.69) is 15.5 Å². The number of hydrogen-bond donors (Lipinski definition) is 1. The van der Waals surface area contributed by atoms with Crippen LogP contribution in [0.2, 0.25) is 0 Å². The van der Waals surface area contributed by atoms with Gasteiger partial charge in [-0.05, 0) is 45.4 Å². The molecular weight excluding hydrogens is 460 g/mol. The van der Waals surface area contributed by atoms with E-state index in [1.54, 1.807) is 33.2 Å². The highest BCUT2D eigenvalue weighted by Gasteiger charge is 2.24. The van der Waals surface area contributed by atoms with Gasteiger partial charge in [0.2, 0.25) is 0 Å². The topological polar surface area (TPSA) is 111 Å². The standard InChI is InChI=1S/C27H30N4O5/c1-7-21(18-10-8-9-11-23(18)34-14-24(32)31(5)6)28-26(33)20-13-22(19-12-15(2)35-17(19)4)29-27-25(20)16(3)30-36-27/h8-13,21H,7,14H2,1-6H3,(H,28,33). The Labute approximate surface area is 209 Å². The average Bonchev–Trinajstić information content (AvgIpc) is 3.41. The SMILES string of the molecule is CCC(NC(=O)c1cc(-c2cc(C)oc2C)nc2onc(C)c12)c1ccccc1OCC(=O)N(C)C. The number of carbonyl (C=O) groups is 2. The van der Waals surface area contributed by atoms with Crippen LogP contribution in [0.5, 0.6) is 5.75 Å². The quantitative estimate of drug-likeness (QED) is 0.379. The molecule has 3 aromatic heterocycles. The van der Waals surface area contributed by atoms with Crippen LogP contribution in [0, 0.1) is 20.8 Å². The minimum Gasteiger partial charge on any atom is -0.483 e. The van der Waals surface area contributed by atoms with Crippen molar-refractivity contribution in [1.82, 2.24) is 20.4 Å². The van der Waals surface area contributed by atoms with Crippen molar-refractivity contribution in [3.8, 4) is 17.0 Å². The number of hydrogen-bond acceptors (Lipinski definition) is 7. The Morgan fingerprint density at radius 2 is 1.89 bits per heavy atom. The first-order valence-corrected chi connectivity index (χ1v) is 11.8. The number of nitrogens with zero attached hydrogens (tertiary/aromatic N) is 3. The Hall–Kier alpha value is -4.14. The summed E-state index contributed by atoms with van der Waals surface area (Å²) in [6, 6.07) is 10.7. The summed E-state index contributed by atoms with van der Waals surface area (Å²) in [5, 5.41) is 7.71.